The normalized spacial score (nSPS) is 12.4. The molecule has 12 heteroatoms. The molecule has 12 nitrogen and oxygen atoms in total. The number of amides is 2. The molecular formula is C28H43N5O7. The number of methoxy groups -OCH3 is 1. The van der Waals surface area contributed by atoms with Crippen LogP contribution in [0.3, 0.4) is 0 Å². The van der Waals surface area contributed by atoms with Gasteiger partial charge in [0.2, 0.25) is 11.8 Å². The number of ether oxygens (including phenoxy) is 1. The summed E-state index contributed by atoms with van der Waals surface area (Å²) >= 11 is 0. The molecule has 0 radical (unpaired) electrons. The molecule has 0 aliphatic heterocycles. The number of nitrogens with one attached hydrogen (secondary N) is 2. The fraction of sp³-hybridized carbons (Fsp3) is 0.571. The summed E-state index contributed by atoms with van der Waals surface area (Å²) in [7, 11) is 3.24. The van der Waals surface area contributed by atoms with E-state index in [4.69, 9.17) is 9.26 Å². The number of benzene rings is 1. The minimum Gasteiger partial charge on any atom is -0.496 e. The van der Waals surface area contributed by atoms with Crippen molar-refractivity contribution in [1.82, 2.24) is 25.7 Å². The van der Waals surface area contributed by atoms with Gasteiger partial charge in [-0.25, -0.2) is 0 Å². The summed E-state index contributed by atoms with van der Waals surface area (Å²) in [5.41, 5.74) is 1.14. The van der Waals surface area contributed by atoms with E-state index in [2.05, 4.69) is 20.8 Å². The molecule has 2 amide bonds. The Labute approximate surface area is 235 Å². The summed E-state index contributed by atoms with van der Waals surface area (Å²) in [6, 6.07) is 2.86. The highest BCUT2D eigenvalue weighted by atomic mass is 16.5. The van der Waals surface area contributed by atoms with Crippen LogP contribution in [0, 0.1) is 11.8 Å². The lowest BCUT2D eigenvalue weighted by Crippen LogP contribution is -2.55. The van der Waals surface area contributed by atoms with Gasteiger partial charge in [0.05, 0.1) is 32.5 Å². The number of Topliss-reactive ketones (excluding diaryl/α,β-unsaturated/α-hetero) is 1. The number of aromatic nitrogens is 2. The monoisotopic (exact) mass is 561 g/mol. The van der Waals surface area contributed by atoms with Gasteiger partial charge in [-0.1, -0.05) is 46.7 Å². The Bertz CT molecular complexity index is 1100. The van der Waals surface area contributed by atoms with E-state index in [0.29, 0.717) is 29.3 Å². The van der Waals surface area contributed by atoms with Crippen molar-refractivity contribution < 1.29 is 33.5 Å². The van der Waals surface area contributed by atoms with E-state index in [1.54, 1.807) is 44.0 Å². The maximum atomic E-state index is 13.1. The van der Waals surface area contributed by atoms with Crippen molar-refractivity contribution in [3.8, 4) is 17.2 Å². The van der Waals surface area contributed by atoms with Crippen LogP contribution in [0.1, 0.15) is 53.5 Å². The average molecular weight is 562 g/mol. The molecule has 0 aliphatic carbocycles. The van der Waals surface area contributed by atoms with Gasteiger partial charge >= 0.3 is 5.97 Å². The van der Waals surface area contributed by atoms with E-state index >= 15 is 0 Å². The summed E-state index contributed by atoms with van der Waals surface area (Å²) in [6.45, 7) is 12.1. The standard InChI is InChI=1S/C26H37N5O7.C2H6/c1-15(2)12-31(5)13-20(32)19(11-23(34)35)29-25(36)24(16(3)4)30-22(33)10-18-9-17(7-8-21(18)37-6)26-27-14-28-38-26;1-2/h7-9,14-16,19,24H,10-13H2,1-6H3,(H,29,36)(H,30,33)(H,34,35);1-2H3. The lowest BCUT2D eigenvalue weighted by molar-refractivity contribution is -0.141. The van der Waals surface area contributed by atoms with Crippen molar-refractivity contribution in [3.05, 3.63) is 30.1 Å². The van der Waals surface area contributed by atoms with Crippen molar-refractivity contribution in [2.75, 3.05) is 27.2 Å². The number of likely N-dealkylation sites (N-methyl/N-ethyl adjacent to an activating group) is 1. The lowest BCUT2D eigenvalue weighted by atomic mass is 10.0. The molecule has 3 N–H and O–H groups in total. The topological polar surface area (TPSA) is 164 Å². The highest BCUT2D eigenvalue weighted by Crippen LogP contribution is 2.26. The van der Waals surface area contributed by atoms with Crippen LogP contribution in [0.5, 0.6) is 5.75 Å². The number of carbonyl (C=O) groups excluding carboxylic acids is 3. The molecule has 0 spiro atoms. The summed E-state index contributed by atoms with van der Waals surface area (Å²) in [5, 5.41) is 18.1. The number of ketones is 1. The fourth-order valence-corrected chi connectivity index (χ4v) is 4.03. The molecule has 1 aromatic heterocycles. The Kier molecular flexibility index (Phi) is 14.6. The maximum Gasteiger partial charge on any atom is 0.305 e. The average Bonchev–Trinajstić information content (AvgIpc) is 3.42. The quantitative estimate of drug-likeness (QED) is 0.294. The SMILES string of the molecule is CC.COc1ccc(-c2ncno2)cc1CC(=O)NC(C(=O)NC(CC(=O)O)C(=O)CN(C)CC(C)C)C(C)C. The zero-order chi connectivity index (χ0) is 30.4. The molecule has 2 aromatic rings. The second-order valence-electron chi connectivity index (χ2n) is 9.95. The van der Waals surface area contributed by atoms with E-state index in [9.17, 15) is 24.3 Å². The summed E-state index contributed by atoms with van der Waals surface area (Å²) in [6.07, 6.45) is 0.597. The van der Waals surface area contributed by atoms with E-state index in [0.717, 1.165) is 0 Å². The van der Waals surface area contributed by atoms with Gasteiger partial charge in [-0.05, 0) is 37.1 Å². The molecule has 0 aliphatic rings. The van der Waals surface area contributed by atoms with Crippen LogP contribution in [0.15, 0.2) is 29.0 Å². The maximum absolute atomic E-state index is 13.1. The van der Waals surface area contributed by atoms with Gasteiger partial charge in [0.15, 0.2) is 12.1 Å². The summed E-state index contributed by atoms with van der Waals surface area (Å²) < 4.78 is 10.4. The van der Waals surface area contributed by atoms with Gasteiger partial charge in [0, 0.05) is 17.7 Å². The third kappa shape index (κ3) is 11.1. The molecule has 0 bridgehead atoms. The first-order chi connectivity index (χ1) is 18.9. The molecule has 1 heterocycles. The van der Waals surface area contributed by atoms with Crippen molar-refractivity contribution in [2.45, 2.75) is 66.5 Å². The molecule has 2 unspecified atom stereocenters. The number of carboxylic acid groups (broad SMARTS) is 1. The molecule has 2 atom stereocenters. The van der Waals surface area contributed by atoms with Crippen LogP contribution in [-0.4, -0.2) is 83.0 Å². The fourth-order valence-electron chi connectivity index (χ4n) is 4.03. The minimum atomic E-state index is -1.22. The number of carbonyl (C=O) groups is 4. The molecule has 2 rings (SSSR count). The first-order valence-corrected chi connectivity index (χ1v) is 13.4. The van der Waals surface area contributed by atoms with Crippen LogP contribution in [0.4, 0.5) is 0 Å². The molecule has 0 saturated heterocycles. The number of rotatable bonds is 15. The van der Waals surface area contributed by atoms with Crippen LogP contribution in [0.2, 0.25) is 0 Å². The van der Waals surface area contributed by atoms with Crippen molar-refractivity contribution in [1.29, 1.82) is 0 Å². The van der Waals surface area contributed by atoms with Crippen LogP contribution in [-0.2, 0) is 25.6 Å². The third-order valence-electron chi connectivity index (χ3n) is 5.69. The molecule has 0 saturated carbocycles. The molecule has 0 fully saturated rings. The molecule has 222 valence electrons. The predicted molar refractivity (Wildman–Crippen MR) is 150 cm³/mol. The second-order valence-corrected chi connectivity index (χ2v) is 9.95. The number of hydrogen-bond donors (Lipinski definition) is 3. The zero-order valence-corrected chi connectivity index (χ0v) is 24.7. The Morgan fingerprint density at radius 3 is 2.30 bits per heavy atom. The highest BCUT2D eigenvalue weighted by molar-refractivity contribution is 5.95. The van der Waals surface area contributed by atoms with Crippen molar-refractivity contribution >= 4 is 23.6 Å². The first-order valence-electron chi connectivity index (χ1n) is 13.4. The van der Waals surface area contributed by atoms with E-state index in [1.165, 1.54) is 13.4 Å². The van der Waals surface area contributed by atoms with E-state index in [-0.39, 0.29) is 24.8 Å². The van der Waals surface area contributed by atoms with Gasteiger partial charge in [-0.3, -0.25) is 24.1 Å². The van der Waals surface area contributed by atoms with Crippen LogP contribution >= 0.6 is 0 Å². The third-order valence-corrected chi connectivity index (χ3v) is 5.69. The lowest BCUT2D eigenvalue weighted by Gasteiger charge is -2.26. The van der Waals surface area contributed by atoms with E-state index in [1.807, 2.05) is 27.7 Å². The van der Waals surface area contributed by atoms with Crippen molar-refractivity contribution in [3.63, 3.8) is 0 Å². The number of nitrogens with zero attached hydrogens (tertiary/aromatic N) is 3. The van der Waals surface area contributed by atoms with Gasteiger partial charge in [-0.15, -0.1) is 0 Å². The van der Waals surface area contributed by atoms with Gasteiger partial charge in [0.1, 0.15) is 11.8 Å². The minimum absolute atomic E-state index is 0.00864. The Morgan fingerprint density at radius 1 is 1.10 bits per heavy atom. The molecule has 40 heavy (non-hydrogen) atoms. The Hall–Kier alpha value is -3.80. The highest BCUT2D eigenvalue weighted by Gasteiger charge is 2.30. The van der Waals surface area contributed by atoms with Crippen molar-refractivity contribution in [2.24, 2.45) is 11.8 Å². The van der Waals surface area contributed by atoms with E-state index < -0.39 is 42.1 Å². The first kappa shape index (κ1) is 34.2. The molecule has 1 aromatic carbocycles. The van der Waals surface area contributed by atoms with Crippen LogP contribution < -0.4 is 15.4 Å². The Balaban J connectivity index is 0.00000391. The summed E-state index contributed by atoms with van der Waals surface area (Å²) in [5.74, 6) is -2.01. The second kappa shape index (κ2) is 17.0. The van der Waals surface area contributed by atoms with Gasteiger partial charge < -0.3 is 25.0 Å². The predicted octanol–water partition coefficient (Wildman–Crippen LogP) is 2.57. The molecular weight excluding hydrogens is 518 g/mol. The van der Waals surface area contributed by atoms with Gasteiger partial charge in [-0.2, -0.15) is 4.98 Å². The Morgan fingerprint density at radius 2 is 1.77 bits per heavy atom. The van der Waals surface area contributed by atoms with Gasteiger partial charge in [0.25, 0.3) is 5.89 Å². The number of hydrogen-bond acceptors (Lipinski definition) is 9. The van der Waals surface area contributed by atoms with Crippen LogP contribution in [0.25, 0.3) is 11.5 Å². The number of carboxylic acids is 1. The summed E-state index contributed by atoms with van der Waals surface area (Å²) in [4.78, 5) is 56.1. The zero-order valence-electron chi connectivity index (χ0n) is 24.7. The smallest absolute Gasteiger partial charge is 0.305 e. The largest absolute Gasteiger partial charge is 0.496 e. The number of aliphatic carboxylic acids is 1.